The highest BCUT2D eigenvalue weighted by Crippen LogP contribution is 2.31. The maximum atomic E-state index is 11.7. The molecule has 7 heteroatoms. The summed E-state index contributed by atoms with van der Waals surface area (Å²) in [6, 6.07) is 4.29. The summed E-state index contributed by atoms with van der Waals surface area (Å²) in [5.74, 6) is 0.0565. The van der Waals surface area contributed by atoms with Crippen LogP contribution in [0.3, 0.4) is 0 Å². The summed E-state index contributed by atoms with van der Waals surface area (Å²) < 4.78 is 32.9. The van der Waals surface area contributed by atoms with E-state index in [4.69, 9.17) is 14.6 Å². The highest BCUT2D eigenvalue weighted by Gasteiger charge is 2.31. The fraction of sp³-hybridized carbons (Fsp3) is 0.417. The van der Waals surface area contributed by atoms with Crippen molar-refractivity contribution in [1.29, 1.82) is 0 Å². The summed E-state index contributed by atoms with van der Waals surface area (Å²) in [4.78, 5) is 11.7. The number of rotatable bonds is 4. The number of sulfonamides is 1. The van der Waals surface area contributed by atoms with Crippen molar-refractivity contribution in [1.82, 2.24) is 0 Å². The van der Waals surface area contributed by atoms with Crippen LogP contribution in [0.5, 0.6) is 5.75 Å². The molecule has 0 radical (unpaired) electrons. The van der Waals surface area contributed by atoms with Gasteiger partial charge < -0.3 is 9.47 Å². The van der Waals surface area contributed by atoms with E-state index in [1.54, 1.807) is 0 Å². The number of hydrogen-bond acceptors (Lipinski definition) is 5. The molecule has 0 aliphatic carbocycles. The number of primary sulfonamides is 1. The first-order chi connectivity index (χ1) is 8.91. The van der Waals surface area contributed by atoms with Crippen LogP contribution in [0.1, 0.15) is 18.9 Å². The van der Waals surface area contributed by atoms with Crippen LogP contribution in [-0.4, -0.2) is 27.1 Å². The third kappa shape index (κ3) is 3.05. The maximum absolute atomic E-state index is 11.7. The topological polar surface area (TPSA) is 95.7 Å². The predicted molar refractivity (Wildman–Crippen MR) is 67.2 cm³/mol. The molecule has 1 aliphatic rings. The lowest BCUT2D eigenvalue weighted by atomic mass is 10.1. The van der Waals surface area contributed by atoms with Crippen molar-refractivity contribution in [2.75, 3.05) is 6.61 Å². The number of ether oxygens (including phenoxy) is 2. The summed E-state index contributed by atoms with van der Waals surface area (Å²) in [5, 5.41) is 5.05. The van der Waals surface area contributed by atoms with Crippen molar-refractivity contribution in [3.05, 3.63) is 23.8 Å². The molecule has 0 aromatic heterocycles. The van der Waals surface area contributed by atoms with Crippen molar-refractivity contribution < 1.29 is 22.7 Å². The van der Waals surface area contributed by atoms with E-state index in [9.17, 15) is 13.2 Å². The van der Waals surface area contributed by atoms with Crippen molar-refractivity contribution in [3.63, 3.8) is 0 Å². The number of nitrogens with two attached hydrogens (primary N) is 1. The average Bonchev–Trinajstić information content (AvgIpc) is 2.77. The monoisotopic (exact) mass is 285 g/mol. The van der Waals surface area contributed by atoms with E-state index in [2.05, 4.69) is 0 Å². The number of carbonyl (C=O) groups is 1. The lowest BCUT2D eigenvalue weighted by molar-refractivity contribution is -0.151. The van der Waals surface area contributed by atoms with E-state index in [-0.39, 0.29) is 4.90 Å². The Bertz CT molecular complexity index is 596. The molecule has 1 unspecified atom stereocenters. The van der Waals surface area contributed by atoms with Crippen LogP contribution in [0.25, 0.3) is 0 Å². The van der Waals surface area contributed by atoms with Gasteiger partial charge in [0.25, 0.3) is 0 Å². The molecule has 0 saturated carbocycles. The van der Waals surface area contributed by atoms with E-state index in [1.807, 2.05) is 6.92 Å². The van der Waals surface area contributed by atoms with Gasteiger partial charge in [0.2, 0.25) is 10.0 Å². The minimum Gasteiger partial charge on any atom is -0.478 e. The van der Waals surface area contributed by atoms with Crippen molar-refractivity contribution >= 4 is 16.0 Å². The smallest absolute Gasteiger partial charge is 0.347 e. The first-order valence-corrected chi connectivity index (χ1v) is 7.45. The molecular weight excluding hydrogens is 270 g/mol. The number of carbonyl (C=O) groups excluding carboxylic acids is 1. The van der Waals surface area contributed by atoms with Gasteiger partial charge in [-0.1, -0.05) is 6.92 Å². The van der Waals surface area contributed by atoms with Gasteiger partial charge in [-0.3, -0.25) is 0 Å². The van der Waals surface area contributed by atoms with Crippen LogP contribution in [0.4, 0.5) is 0 Å². The van der Waals surface area contributed by atoms with Gasteiger partial charge in [0.15, 0.2) is 6.10 Å². The third-order valence-corrected chi connectivity index (χ3v) is 3.66. The molecule has 1 atom stereocenters. The zero-order valence-electron chi connectivity index (χ0n) is 10.5. The van der Waals surface area contributed by atoms with Gasteiger partial charge in [-0.25, -0.2) is 18.4 Å². The zero-order valence-corrected chi connectivity index (χ0v) is 11.3. The Morgan fingerprint density at radius 2 is 2.26 bits per heavy atom. The molecule has 1 aromatic carbocycles. The molecule has 6 nitrogen and oxygen atoms in total. The Morgan fingerprint density at radius 3 is 2.89 bits per heavy atom. The first kappa shape index (κ1) is 13.8. The lowest BCUT2D eigenvalue weighted by Gasteiger charge is -2.09. The number of esters is 1. The molecule has 0 amide bonds. The van der Waals surface area contributed by atoms with Crippen LogP contribution in [0.2, 0.25) is 0 Å². The predicted octanol–water partition coefficient (Wildman–Crippen LogP) is 0.591. The Morgan fingerprint density at radius 1 is 1.53 bits per heavy atom. The second kappa shape index (κ2) is 5.18. The minimum atomic E-state index is -3.75. The second-order valence-electron chi connectivity index (χ2n) is 4.29. The summed E-state index contributed by atoms with van der Waals surface area (Å²) in [6.45, 7) is 2.24. The first-order valence-electron chi connectivity index (χ1n) is 5.91. The minimum absolute atomic E-state index is 0.0115. The molecule has 104 valence electrons. The van der Waals surface area contributed by atoms with Gasteiger partial charge in [0.1, 0.15) is 5.75 Å². The van der Waals surface area contributed by atoms with E-state index in [0.717, 1.165) is 6.42 Å². The van der Waals surface area contributed by atoms with Crippen LogP contribution in [0, 0.1) is 0 Å². The van der Waals surface area contributed by atoms with E-state index in [1.165, 1.54) is 18.2 Å². The Hall–Kier alpha value is -1.60. The summed E-state index contributed by atoms with van der Waals surface area (Å²) in [6.07, 6.45) is 0.319. The van der Waals surface area contributed by atoms with E-state index < -0.39 is 22.1 Å². The number of fused-ring (bicyclic) bond motifs is 1. The van der Waals surface area contributed by atoms with Gasteiger partial charge in [-0.15, -0.1) is 0 Å². The van der Waals surface area contributed by atoms with Crippen LogP contribution in [0.15, 0.2) is 23.1 Å². The van der Waals surface area contributed by atoms with E-state index in [0.29, 0.717) is 24.3 Å². The highest BCUT2D eigenvalue weighted by atomic mass is 32.2. The number of hydrogen-bond donors (Lipinski definition) is 1. The van der Waals surface area contributed by atoms with Gasteiger partial charge in [0.05, 0.1) is 11.5 Å². The Kier molecular flexibility index (Phi) is 3.77. The van der Waals surface area contributed by atoms with E-state index >= 15 is 0 Å². The molecule has 0 bridgehead atoms. The zero-order chi connectivity index (χ0) is 14.0. The number of benzene rings is 1. The van der Waals surface area contributed by atoms with Crippen molar-refractivity contribution in [2.24, 2.45) is 5.14 Å². The third-order valence-electron chi connectivity index (χ3n) is 2.75. The van der Waals surface area contributed by atoms with Crippen LogP contribution >= 0.6 is 0 Å². The molecule has 2 rings (SSSR count). The average molecular weight is 285 g/mol. The second-order valence-corrected chi connectivity index (χ2v) is 5.85. The Labute approximate surface area is 111 Å². The van der Waals surface area contributed by atoms with Crippen LogP contribution < -0.4 is 9.88 Å². The largest absolute Gasteiger partial charge is 0.478 e. The summed E-state index contributed by atoms with van der Waals surface area (Å²) in [7, 11) is -3.75. The van der Waals surface area contributed by atoms with Crippen LogP contribution in [-0.2, 0) is 26.0 Å². The molecule has 0 saturated heterocycles. The summed E-state index contributed by atoms with van der Waals surface area (Å²) >= 11 is 0. The molecule has 2 N–H and O–H groups in total. The SMILES string of the molecule is CCCOC(=O)C1Cc2cc(S(N)(=O)=O)ccc2O1. The lowest BCUT2D eigenvalue weighted by Crippen LogP contribution is -2.27. The quantitative estimate of drug-likeness (QED) is 0.817. The van der Waals surface area contributed by atoms with Gasteiger partial charge in [0, 0.05) is 6.42 Å². The van der Waals surface area contributed by atoms with Gasteiger partial charge >= 0.3 is 5.97 Å². The molecular formula is C12H15NO5S. The molecule has 0 spiro atoms. The normalized spacial score (nSPS) is 17.7. The highest BCUT2D eigenvalue weighted by molar-refractivity contribution is 7.89. The fourth-order valence-electron chi connectivity index (χ4n) is 1.83. The fourth-order valence-corrected chi connectivity index (χ4v) is 2.39. The van der Waals surface area contributed by atoms with Gasteiger partial charge in [-0.05, 0) is 30.2 Å². The maximum Gasteiger partial charge on any atom is 0.347 e. The van der Waals surface area contributed by atoms with Crippen molar-refractivity contribution in [3.8, 4) is 5.75 Å². The Balaban J connectivity index is 2.14. The molecule has 19 heavy (non-hydrogen) atoms. The molecule has 0 fully saturated rings. The van der Waals surface area contributed by atoms with Gasteiger partial charge in [-0.2, -0.15) is 0 Å². The molecule has 1 aliphatic heterocycles. The molecule has 1 heterocycles. The molecule has 1 aromatic rings. The summed E-state index contributed by atoms with van der Waals surface area (Å²) in [5.41, 5.74) is 0.643. The van der Waals surface area contributed by atoms with Crippen molar-refractivity contribution in [2.45, 2.75) is 30.8 Å². The standard InChI is InChI=1S/C12H15NO5S/c1-2-5-17-12(14)11-7-8-6-9(19(13,15)16)3-4-10(8)18-11/h3-4,6,11H,2,5,7H2,1H3,(H2,13,15,16).